The van der Waals surface area contributed by atoms with Gasteiger partial charge in [0.2, 0.25) is 0 Å². The van der Waals surface area contributed by atoms with Crippen molar-refractivity contribution in [2.45, 2.75) is 59.4 Å². The summed E-state index contributed by atoms with van der Waals surface area (Å²) in [7, 11) is 0. The Morgan fingerprint density at radius 3 is 2.70 bits per heavy atom. The number of hydrogen-bond acceptors (Lipinski definition) is 1. The SMILES string of the molecule is CCNC(c1ccc(C)c(F)c1)C1CCCCC1(C)C. The van der Waals surface area contributed by atoms with Gasteiger partial charge in [0.25, 0.3) is 0 Å². The fourth-order valence-corrected chi connectivity index (χ4v) is 3.65. The standard InChI is InChI=1S/C18H28FN/c1-5-20-17(14-10-9-13(2)16(19)12-14)15-8-6-7-11-18(15,3)4/h9-10,12,15,17,20H,5-8,11H2,1-4H3. The molecule has 0 radical (unpaired) electrons. The van der Waals surface area contributed by atoms with E-state index in [0.29, 0.717) is 11.3 Å². The van der Waals surface area contributed by atoms with Gasteiger partial charge in [-0.1, -0.05) is 45.7 Å². The molecule has 1 aromatic rings. The van der Waals surface area contributed by atoms with E-state index in [9.17, 15) is 4.39 Å². The topological polar surface area (TPSA) is 12.0 Å². The summed E-state index contributed by atoms with van der Waals surface area (Å²) in [4.78, 5) is 0. The Hall–Kier alpha value is -0.890. The van der Waals surface area contributed by atoms with Crippen molar-refractivity contribution in [1.29, 1.82) is 0 Å². The zero-order chi connectivity index (χ0) is 14.8. The van der Waals surface area contributed by atoms with Gasteiger partial charge >= 0.3 is 0 Å². The number of nitrogens with one attached hydrogen (secondary N) is 1. The molecule has 0 amide bonds. The highest BCUT2D eigenvalue weighted by atomic mass is 19.1. The largest absolute Gasteiger partial charge is 0.310 e. The molecule has 2 unspecified atom stereocenters. The first-order valence-electron chi connectivity index (χ1n) is 7.95. The van der Waals surface area contributed by atoms with Crippen molar-refractivity contribution in [2.75, 3.05) is 6.54 Å². The maximum Gasteiger partial charge on any atom is 0.126 e. The quantitative estimate of drug-likeness (QED) is 0.816. The van der Waals surface area contributed by atoms with Gasteiger partial charge in [-0.15, -0.1) is 0 Å². The van der Waals surface area contributed by atoms with Crippen LogP contribution >= 0.6 is 0 Å². The summed E-state index contributed by atoms with van der Waals surface area (Å²) in [6, 6.07) is 6.00. The minimum atomic E-state index is -0.0842. The second kappa shape index (κ2) is 6.26. The van der Waals surface area contributed by atoms with Crippen molar-refractivity contribution >= 4 is 0 Å². The van der Waals surface area contributed by atoms with E-state index < -0.39 is 0 Å². The molecule has 2 heteroatoms. The lowest BCUT2D eigenvalue weighted by Crippen LogP contribution is -2.39. The molecule has 1 aliphatic carbocycles. The molecule has 0 heterocycles. The van der Waals surface area contributed by atoms with Crippen LogP contribution in [0.1, 0.15) is 63.6 Å². The highest BCUT2D eigenvalue weighted by Gasteiger charge is 2.37. The van der Waals surface area contributed by atoms with Crippen LogP contribution in [0.4, 0.5) is 4.39 Å². The maximum absolute atomic E-state index is 13.9. The minimum absolute atomic E-state index is 0.0842. The molecule has 1 N–H and O–H groups in total. The molecule has 0 bridgehead atoms. The Bertz CT molecular complexity index is 453. The van der Waals surface area contributed by atoms with Crippen molar-refractivity contribution < 1.29 is 4.39 Å². The van der Waals surface area contributed by atoms with Crippen molar-refractivity contribution in [1.82, 2.24) is 5.32 Å². The summed E-state index contributed by atoms with van der Waals surface area (Å²) >= 11 is 0. The Morgan fingerprint density at radius 2 is 2.10 bits per heavy atom. The van der Waals surface area contributed by atoms with Crippen molar-refractivity contribution in [3.8, 4) is 0 Å². The molecule has 2 atom stereocenters. The number of aryl methyl sites for hydroxylation is 1. The molecule has 2 rings (SSSR count). The van der Waals surface area contributed by atoms with Gasteiger partial charge in [0.15, 0.2) is 0 Å². The maximum atomic E-state index is 13.9. The van der Waals surface area contributed by atoms with Crippen LogP contribution in [0, 0.1) is 24.1 Å². The zero-order valence-electron chi connectivity index (χ0n) is 13.3. The smallest absolute Gasteiger partial charge is 0.126 e. The molecule has 0 spiro atoms. The van der Waals surface area contributed by atoms with E-state index in [1.54, 1.807) is 6.07 Å². The van der Waals surface area contributed by atoms with Crippen LogP contribution in [0.3, 0.4) is 0 Å². The van der Waals surface area contributed by atoms with E-state index in [1.807, 2.05) is 13.0 Å². The summed E-state index contributed by atoms with van der Waals surface area (Å²) in [6.07, 6.45) is 5.13. The first-order chi connectivity index (χ1) is 9.45. The van der Waals surface area contributed by atoms with Gasteiger partial charge in [0, 0.05) is 6.04 Å². The van der Waals surface area contributed by atoms with Gasteiger partial charge in [-0.25, -0.2) is 4.39 Å². The van der Waals surface area contributed by atoms with Crippen LogP contribution in [-0.4, -0.2) is 6.54 Å². The van der Waals surface area contributed by atoms with Crippen LogP contribution in [0.2, 0.25) is 0 Å². The molecular weight excluding hydrogens is 249 g/mol. The summed E-state index contributed by atoms with van der Waals surface area (Å²) in [5.41, 5.74) is 2.16. The molecule has 1 aliphatic rings. The van der Waals surface area contributed by atoms with Crippen molar-refractivity contribution in [3.05, 3.63) is 35.1 Å². The predicted molar refractivity (Wildman–Crippen MR) is 83.3 cm³/mol. The Kier molecular flexibility index (Phi) is 4.85. The van der Waals surface area contributed by atoms with Crippen molar-refractivity contribution in [2.24, 2.45) is 11.3 Å². The summed E-state index contributed by atoms with van der Waals surface area (Å²) < 4.78 is 13.9. The Labute approximate surface area is 123 Å². The molecule has 1 saturated carbocycles. The van der Waals surface area contributed by atoms with Gasteiger partial charge in [0.05, 0.1) is 0 Å². The highest BCUT2D eigenvalue weighted by molar-refractivity contribution is 5.27. The number of rotatable bonds is 4. The molecule has 1 aromatic carbocycles. The number of hydrogen-bond donors (Lipinski definition) is 1. The Balaban J connectivity index is 2.32. The third-order valence-electron chi connectivity index (χ3n) is 4.97. The summed E-state index contributed by atoms with van der Waals surface area (Å²) in [5.74, 6) is 0.498. The van der Waals surface area contributed by atoms with E-state index in [1.165, 1.54) is 25.7 Å². The minimum Gasteiger partial charge on any atom is -0.310 e. The summed E-state index contributed by atoms with van der Waals surface area (Å²) in [6.45, 7) is 9.61. The first kappa shape index (κ1) is 15.5. The van der Waals surface area contributed by atoms with E-state index in [4.69, 9.17) is 0 Å². The molecule has 0 aromatic heterocycles. The van der Waals surface area contributed by atoms with Crippen LogP contribution in [0.25, 0.3) is 0 Å². The van der Waals surface area contributed by atoms with Crippen LogP contribution in [0.5, 0.6) is 0 Å². The van der Waals surface area contributed by atoms with E-state index in [2.05, 4.69) is 32.2 Å². The lowest BCUT2D eigenvalue weighted by atomic mass is 9.64. The zero-order valence-corrected chi connectivity index (χ0v) is 13.3. The average Bonchev–Trinajstić information content (AvgIpc) is 2.40. The summed E-state index contributed by atoms with van der Waals surface area (Å²) in [5, 5.41) is 3.60. The molecule has 20 heavy (non-hydrogen) atoms. The van der Waals surface area contributed by atoms with Crippen LogP contribution in [0.15, 0.2) is 18.2 Å². The second-order valence-electron chi connectivity index (χ2n) is 6.88. The third kappa shape index (κ3) is 3.22. The van der Waals surface area contributed by atoms with Gasteiger partial charge in [-0.05, 0) is 54.8 Å². The lowest BCUT2D eigenvalue weighted by molar-refractivity contribution is 0.0987. The Morgan fingerprint density at radius 1 is 1.35 bits per heavy atom. The van der Waals surface area contributed by atoms with Gasteiger partial charge < -0.3 is 5.32 Å². The predicted octanol–water partition coefficient (Wildman–Crippen LogP) is 5.00. The van der Waals surface area contributed by atoms with E-state index in [0.717, 1.165) is 17.7 Å². The van der Waals surface area contributed by atoms with Gasteiger partial charge in [-0.3, -0.25) is 0 Å². The molecule has 112 valence electrons. The van der Waals surface area contributed by atoms with E-state index >= 15 is 0 Å². The van der Waals surface area contributed by atoms with Crippen LogP contribution in [-0.2, 0) is 0 Å². The van der Waals surface area contributed by atoms with Crippen LogP contribution < -0.4 is 5.32 Å². The second-order valence-corrected chi connectivity index (χ2v) is 6.88. The van der Waals surface area contributed by atoms with E-state index in [-0.39, 0.29) is 11.9 Å². The molecule has 1 nitrogen and oxygen atoms in total. The molecular formula is C18H28FN. The fourth-order valence-electron chi connectivity index (χ4n) is 3.65. The molecule has 0 saturated heterocycles. The number of halogens is 1. The monoisotopic (exact) mass is 277 g/mol. The van der Waals surface area contributed by atoms with Gasteiger partial charge in [-0.2, -0.15) is 0 Å². The third-order valence-corrected chi connectivity index (χ3v) is 4.97. The van der Waals surface area contributed by atoms with Crippen molar-refractivity contribution in [3.63, 3.8) is 0 Å². The normalized spacial score (nSPS) is 23.6. The fraction of sp³-hybridized carbons (Fsp3) is 0.667. The lowest BCUT2D eigenvalue weighted by Gasteiger charge is -2.43. The number of benzene rings is 1. The molecule has 1 fully saturated rings. The first-order valence-corrected chi connectivity index (χ1v) is 7.95. The average molecular weight is 277 g/mol. The van der Waals surface area contributed by atoms with Gasteiger partial charge in [0.1, 0.15) is 5.82 Å². The molecule has 0 aliphatic heterocycles. The highest BCUT2D eigenvalue weighted by Crippen LogP contribution is 2.46.